The molecule has 0 aliphatic carbocycles. The van der Waals surface area contributed by atoms with Crippen LogP contribution in [0.5, 0.6) is 0 Å². The molecule has 0 aliphatic rings. The van der Waals surface area contributed by atoms with Crippen molar-refractivity contribution in [3.8, 4) is 11.4 Å². The second-order valence-electron chi connectivity index (χ2n) is 5.39. The van der Waals surface area contributed by atoms with Gasteiger partial charge in [-0.2, -0.15) is 5.10 Å². The lowest BCUT2D eigenvalue weighted by Gasteiger charge is -2.08. The molecule has 5 nitrogen and oxygen atoms in total. The molecule has 6 heteroatoms. The lowest BCUT2D eigenvalue weighted by Crippen LogP contribution is -2.21. The van der Waals surface area contributed by atoms with Crippen molar-refractivity contribution in [3.63, 3.8) is 0 Å². The third-order valence-corrected chi connectivity index (χ3v) is 3.58. The molecule has 0 amide bonds. The van der Waals surface area contributed by atoms with E-state index < -0.39 is 0 Å². The minimum atomic E-state index is 0.413. The average molecular weight is 304 g/mol. The number of aryl methyl sites for hydroxylation is 1. The van der Waals surface area contributed by atoms with Gasteiger partial charge in [-0.05, 0) is 12.1 Å². The zero-order chi connectivity index (χ0) is 15.0. The highest BCUT2D eigenvalue weighted by atomic mass is 35.5. The molecule has 0 radical (unpaired) electrons. The highest BCUT2D eigenvalue weighted by Crippen LogP contribution is 2.30. The van der Waals surface area contributed by atoms with Crippen molar-refractivity contribution >= 4 is 17.2 Å². The Kier molecular flexibility index (Phi) is 3.69. The topological polar surface area (TPSA) is 47.2 Å². The molecular weight excluding hydrogens is 286 g/mol. The van der Waals surface area contributed by atoms with Gasteiger partial charge in [0.05, 0.1) is 0 Å². The number of pyridine rings is 1. The lowest BCUT2D eigenvalue weighted by atomic mass is 10.2. The molecule has 0 saturated heterocycles. The second-order valence-corrected chi connectivity index (χ2v) is 5.75. The van der Waals surface area contributed by atoms with E-state index in [4.69, 9.17) is 11.6 Å². The number of nitrogens with zero attached hydrogens (tertiary/aromatic N) is 4. The number of imidazole rings is 1. The fraction of sp³-hybridized carbons (Fsp3) is 0.333. The number of fused-ring (bicyclic) bond motifs is 1. The summed E-state index contributed by atoms with van der Waals surface area (Å²) in [6.45, 7) is 4.99. The van der Waals surface area contributed by atoms with Gasteiger partial charge in [-0.3, -0.25) is 9.08 Å². The molecule has 1 N–H and O–H groups in total. The van der Waals surface area contributed by atoms with E-state index in [-0.39, 0.29) is 0 Å². The molecule has 3 aromatic rings. The summed E-state index contributed by atoms with van der Waals surface area (Å²) in [5.41, 5.74) is 3.65. The highest BCUT2D eigenvalue weighted by molar-refractivity contribution is 6.32. The summed E-state index contributed by atoms with van der Waals surface area (Å²) in [6, 6.07) is 6.26. The smallest absolute Gasteiger partial charge is 0.157 e. The van der Waals surface area contributed by atoms with E-state index in [2.05, 4.69) is 29.2 Å². The summed E-state index contributed by atoms with van der Waals surface area (Å²) in [5.74, 6) is 0. The van der Waals surface area contributed by atoms with E-state index in [9.17, 15) is 0 Å². The highest BCUT2D eigenvalue weighted by Gasteiger charge is 2.18. The first-order valence-electron chi connectivity index (χ1n) is 6.95. The molecule has 0 atom stereocenters. The van der Waals surface area contributed by atoms with Crippen LogP contribution in [0.3, 0.4) is 0 Å². The average Bonchev–Trinajstić information content (AvgIpc) is 2.95. The predicted molar refractivity (Wildman–Crippen MR) is 84.4 cm³/mol. The Balaban J connectivity index is 2.12. The largest absolute Gasteiger partial charge is 0.310 e. The summed E-state index contributed by atoms with van der Waals surface area (Å²) in [5, 5.41) is 8.47. The van der Waals surface area contributed by atoms with Gasteiger partial charge < -0.3 is 5.32 Å². The van der Waals surface area contributed by atoms with Crippen LogP contribution in [0.2, 0.25) is 5.15 Å². The monoisotopic (exact) mass is 303 g/mol. The third-order valence-electron chi connectivity index (χ3n) is 3.32. The fourth-order valence-electron chi connectivity index (χ4n) is 2.36. The fourth-order valence-corrected chi connectivity index (χ4v) is 2.63. The van der Waals surface area contributed by atoms with Gasteiger partial charge in [-0.25, -0.2) is 4.98 Å². The van der Waals surface area contributed by atoms with Crippen LogP contribution in [0, 0.1) is 0 Å². The second kappa shape index (κ2) is 5.50. The number of aromatic nitrogens is 4. The minimum absolute atomic E-state index is 0.413. The van der Waals surface area contributed by atoms with Crippen molar-refractivity contribution in [1.82, 2.24) is 24.5 Å². The summed E-state index contributed by atoms with van der Waals surface area (Å²) in [6.07, 6.45) is 3.97. The van der Waals surface area contributed by atoms with Crippen LogP contribution in [0.1, 0.15) is 19.4 Å². The molecule has 21 heavy (non-hydrogen) atoms. The molecule has 0 spiro atoms. The van der Waals surface area contributed by atoms with Crippen LogP contribution in [0.4, 0.5) is 0 Å². The number of halogens is 1. The van der Waals surface area contributed by atoms with Gasteiger partial charge in [0.1, 0.15) is 17.0 Å². The molecule has 3 heterocycles. The first kappa shape index (κ1) is 14.1. The third kappa shape index (κ3) is 2.66. The van der Waals surface area contributed by atoms with Gasteiger partial charge in [-0.15, -0.1) is 0 Å². The van der Waals surface area contributed by atoms with E-state index in [0.29, 0.717) is 11.2 Å². The Labute approximate surface area is 128 Å². The van der Waals surface area contributed by atoms with Crippen LogP contribution >= 0.6 is 11.6 Å². The molecule has 0 fully saturated rings. The van der Waals surface area contributed by atoms with E-state index in [1.165, 1.54) is 0 Å². The number of hydrogen-bond donors (Lipinski definition) is 1. The molecular formula is C15H18ClN5. The van der Waals surface area contributed by atoms with Crippen molar-refractivity contribution in [2.45, 2.75) is 26.4 Å². The molecule has 0 saturated carbocycles. The Morgan fingerprint density at radius 2 is 2.14 bits per heavy atom. The number of hydrogen-bond acceptors (Lipinski definition) is 3. The van der Waals surface area contributed by atoms with E-state index >= 15 is 0 Å². The van der Waals surface area contributed by atoms with Crippen LogP contribution in [-0.2, 0) is 13.6 Å². The molecule has 0 aromatic carbocycles. The number of rotatable bonds is 4. The quantitative estimate of drug-likeness (QED) is 0.806. The van der Waals surface area contributed by atoms with E-state index in [1.807, 2.05) is 46.7 Å². The van der Waals surface area contributed by atoms with Gasteiger partial charge in [0.15, 0.2) is 5.15 Å². The van der Waals surface area contributed by atoms with Crippen molar-refractivity contribution in [2.24, 2.45) is 7.05 Å². The van der Waals surface area contributed by atoms with Gasteiger partial charge >= 0.3 is 0 Å². The van der Waals surface area contributed by atoms with Crippen LogP contribution in [0.25, 0.3) is 17.0 Å². The zero-order valence-electron chi connectivity index (χ0n) is 12.3. The van der Waals surface area contributed by atoms with E-state index in [0.717, 1.165) is 29.1 Å². The SMILES string of the molecule is CC(C)NCc1cn(C)nc1-c1c(Cl)nc2ccccn12. The molecule has 3 rings (SSSR count). The molecule has 0 bridgehead atoms. The lowest BCUT2D eigenvalue weighted by molar-refractivity contribution is 0.589. The van der Waals surface area contributed by atoms with Crippen molar-refractivity contribution in [2.75, 3.05) is 0 Å². The summed E-state index contributed by atoms with van der Waals surface area (Å²) in [7, 11) is 1.92. The Bertz CT molecular complexity index is 772. The van der Waals surface area contributed by atoms with Gasteiger partial charge in [0.2, 0.25) is 0 Å². The zero-order valence-corrected chi connectivity index (χ0v) is 13.1. The van der Waals surface area contributed by atoms with Crippen molar-refractivity contribution < 1.29 is 0 Å². The minimum Gasteiger partial charge on any atom is -0.310 e. The first-order valence-corrected chi connectivity index (χ1v) is 7.33. The predicted octanol–water partition coefficient (Wildman–Crippen LogP) is 2.89. The van der Waals surface area contributed by atoms with Crippen molar-refractivity contribution in [1.29, 1.82) is 0 Å². The molecule has 3 aromatic heterocycles. The molecule has 0 unspecified atom stereocenters. The van der Waals surface area contributed by atoms with Gasteiger partial charge in [0, 0.05) is 37.6 Å². The maximum Gasteiger partial charge on any atom is 0.157 e. The van der Waals surface area contributed by atoms with Crippen LogP contribution in [-0.4, -0.2) is 25.2 Å². The Hall–Kier alpha value is -1.85. The Morgan fingerprint density at radius 1 is 1.33 bits per heavy atom. The summed E-state index contributed by atoms with van der Waals surface area (Å²) in [4.78, 5) is 4.39. The van der Waals surface area contributed by atoms with Crippen molar-refractivity contribution in [3.05, 3.63) is 41.3 Å². The maximum absolute atomic E-state index is 6.34. The van der Waals surface area contributed by atoms with Gasteiger partial charge in [0.25, 0.3) is 0 Å². The van der Waals surface area contributed by atoms with Gasteiger partial charge in [-0.1, -0.05) is 31.5 Å². The normalized spacial score (nSPS) is 11.7. The molecule has 110 valence electrons. The summed E-state index contributed by atoms with van der Waals surface area (Å²) < 4.78 is 3.79. The number of nitrogens with one attached hydrogen (secondary N) is 1. The molecule has 0 aliphatic heterocycles. The van der Waals surface area contributed by atoms with Crippen LogP contribution < -0.4 is 5.32 Å². The van der Waals surface area contributed by atoms with Crippen LogP contribution in [0.15, 0.2) is 30.6 Å². The Morgan fingerprint density at radius 3 is 2.90 bits per heavy atom. The van der Waals surface area contributed by atoms with E-state index in [1.54, 1.807) is 0 Å². The standard InChI is InChI=1S/C15H18ClN5/c1-10(2)17-8-11-9-20(3)19-13(11)14-15(16)18-12-6-4-5-7-21(12)14/h4-7,9-10,17H,8H2,1-3H3. The summed E-state index contributed by atoms with van der Waals surface area (Å²) >= 11 is 6.34. The maximum atomic E-state index is 6.34. The first-order chi connectivity index (χ1) is 10.1.